The summed E-state index contributed by atoms with van der Waals surface area (Å²) in [4.78, 5) is 5.84. The largest absolute Gasteiger partial charge is 0.417 e. The van der Waals surface area contributed by atoms with E-state index in [0.717, 1.165) is 6.07 Å². The van der Waals surface area contributed by atoms with Gasteiger partial charge < -0.3 is 4.90 Å². The molecule has 0 saturated carbocycles. The topological polar surface area (TPSA) is 15.6 Å². The second kappa shape index (κ2) is 3.81. The van der Waals surface area contributed by atoms with Gasteiger partial charge in [0.1, 0.15) is 5.84 Å². The van der Waals surface area contributed by atoms with Crippen molar-refractivity contribution in [2.75, 3.05) is 20.1 Å². The molecule has 0 atom stereocenters. The zero-order chi connectivity index (χ0) is 11.8. The van der Waals surface area contributed by atoms with Crippen molar-refractivity contribution < 1.29 is 13.2 Å². The zero-order valence-corrected chi connectivity index (χ0v) is 8.75. The molecule has 16 heavy (non-hydrogen) atoms. The molecule has 1 aromatic carbocycles. The lowest BCUT2D eigenvalue weighted by Gasteiger charge is -2.18. The Morgan fingerprint density at radius 1 is 1.25 bits per heavy atom. The molecule has 2 rings (SSSR count). The molecule has 5 heteroatoms. The van der Waals surface area contributed by atoms with E-state index in [1.807, 2.05) is 0 Å². The van der Waals surface area contributed by atoms with Gasteiger partial charge in [0.15, 0.2) is 0 Å². The van der Waals surface area contributed by atoms with Gasteiger partial charge in [-0.05, 0) is 6.07 Å². The maximum absolute atomic E-state index is 12.8. The maximum Gasteiger partial charge on any atom is 0.417 e. The quantitative estimate of drug-likeness (QED) is 0.720. The minimum absolute atomic E-state index is 0.162. The molecule has 0 fully saturated rings. The second-order valence-electron chi connectivity index (χ2n) is 3.67. The summed E-state index contributed by atoms with van der Waals surface area (Å²) < 4.78 is 38.3. The van der Waals surface area contributed by atoms with Crippen molar-refractivity contribution in [2.24, 2.45) is 4.99 Å². The van der Waals surface area contributed by atoms with Crippen LogP contribution < -0.4 is 0 Å². The zero-order valence-electron chi connectivity index (χ0n) is 8.75. The summed E-state index contributed by atoms with van der Waals surface area (Å²) in [5, 5.41) is 0. The predicted molar refractivity (Wildman–Crippen MR) is 55.5 cm³/mol. The van der Waals surface area contributed by atoms with Crippen LogP contribution in [-0.2, 0) is 6.18 Å². The Labute approximate surface area is 91.4 Å². The van der Waals surface area contributed by atoms with E-state index in [2.05, 4.69) is 4.99 Å². The smallest absolute Gasteiger partial charge is 0.358 e. The number of hydrogen-bond donors (Lipinski definition) is 0. The Kier molecular flexibility index (Phi) is 2.61. The van der Waals surface area contributed by atoms with Crippen LogP contribution in [0.15, 0.2) is 29.3 Å². The van der Waals surface area contributed by atoms with Gasteiger partial charge in [-0.1, -0.05) is 18.2 Å². The number of aliphatic imine (C=N–C) groups is 1. The van der Waals surface area contributed by atoms with E-state index in [0.29, 0.717) is 18.9 Å². The first kappa shape index (κ1) is 11.0. The van der Waals surface area contributed by atoms with Gasteiger partial charge in [-0.3, -0.25) is 4.99 Å². The van der Waals surface area contributed by atoms with Crippen LogP contribution in [0.2, 0.25) is 0 Å². The van der Waals surface area contributed by atoms with Crippen molar-refractivity contribution >= 4 is 5.84 Å². The minimum atomic E-state index is -4.33. The summed E-state index contributed by atoms with van der Waals surface area (Å²) >= 11 is 0. The van der Waals surface area contributed by atoms with Gasteiger partial charge in [0.2, 0.25) is 0 Å². The van der Waals surface area contributed by atoms with Crippen LogP contribution in [0.5, 0.6) is 0 Å². The fraction of sp³-hybridized carbons (Fsp3) is 0.364. The van der Waals surface area contributed by atoms with Gasteiger partial charge in [0.25, 0.3) is 0 Å². The molecule has 0 bridgehead atoms. The van der Waals surface area contributed by atoms with Crippen LogP contribution in [0.3, 0.4) is 0 Å². The number of halogens is 3. The molecule has 0 N–H and O–H groups in total. The third kappa shape index (κ3) is 1.89. The summed E-state index contributed by atoms with van der Waals surface area (Å²) in [6, 6.07) is 5.54. The van der Waals surface area contributed by atoms with Crippen LogP contribution in [0.25, 0.3) is 0 Å². The first-order valence-electron chi connectivity index (χ1n) is 4.92. The molecule has 1 heterocycles. The Morgan fingerprint density at radius 2 is 1.94 bits per heavy atom. The lowest BCUT2D eigenvalue weighted by Crippen LogP contribution is -2.26. The number of alkyl halides is 3. The number of hydrogen-bond acceptors (Lipinski definition) is 2. The summed E-state index contributed by atoms with van der Waals surface area (Å²) in [6.07, 6.45) is -4.33. The first-order valence-corrected chi connectivity index (χ1v) is 4.92. The molecular formula is C11H11F3N2. The fourth-order valence-corrected chi connectivity index (χ4v) is 1.75. The molecule has 0 amide bonds. The lowest BCUT2D eigenvalue weighted by molar-refractivity contribution is -0.137. The standard InChI is InChI=1S/C11H11F3N2/c1-16-7-6-15-10(16)8-4-2-3-5-9(8)11(12,13)14/h2-5H,6-7H2,1H3. The van der Waals surface area contributed by atoms with Gasteiger partial charge >= 0.3 is 6.18 Å². The van der Waals surface area contributed by atoms with E-state index >= 15 is 0 Å². The molecular weight excluding hydrogens is 217 g/mol. The SMILES string of the molecule is CN1CCN=C1c1ccccc1C(F)(F)F. The molecule has 1 aliphatic heterocycles. The van der Waals surface area contributed by atoms with Crippen molar-refractivity contribution in [1.82, 2.24) is 4.90 Å². The molecule has 86 valence electrons. The molecule has 0 unspecified atom stereocenters. The first-order chi connectivity index (χ1) is 7.50. The van der Waals surface area contributed by atoms with E-state index in [1.54, 1.807) is 18.0 Å². The summed E-state index contributed by atoms with van der Waals surface area (Å²) in [5.41, 5.74) is -0.461. The molecule has 1 aliphatic rings. The van der Waals surface area contributed by atoms with Crippen LogP contribution in [0.1, 0.15) is 11.1 Å². The van der Waals surface area contributed by atoms with Gasteiger partial charge in [0, 0.05) is 19.2 Å². The number of benzene rings is 1. The average molecular weight is 228 g/mol. The second-order valence-corrected chi connectivity index (χ2v) is 3.67. The Balaban J connectivity index is 2.49. The number of amidine groups is 1. The van der Waals surface area contributed by atoms with Gasteiger partial charge in [-0.25, -0.2) is 0 Å². The van der Waals surface area contributed by atoms with E-state index < -0.39 is 11.7 Å². The third-order valence-electron chi connectivity index (χ3n) is 2.53. The van der Waals surface area contributed by atoms with Crippen LogP contribution in [0, 0.1) is 0 Å². The van der Waals surface area contributed by atoms with E-state index in [-0.39, 0.29) is 5.56 Å². The number of rotatable bonds is 1. The summed E-state index contributed by atoms with van der Waals surface area (Å²) in [6.45, 7) is 1.22. The van der Waals surface area contributed by atoms with Crippen LogP contribution in [-0.4, -0.2) is 30.9 Å². The van der Waals surface area contributed by atoms with Crippen molar-refractivity contribution in [1.29, 1.82) is 0 Å². The normalized spacial score (nSPS) is 16.5. The monoisotopic (exact) mass is 228 g/mol. The van der Waals surface area contributed by atoms with Gasteiger partial charge in [-0.2, -0.15) is 13.2 Å². The molecule has 0 saturated heterocycles. The Bertz CT molecular complexity index is 423. The van der Waals surface area contributed by atoms with Crippen molar-refractivity contribution in [3.05, 3.63) is 35.4 Å². The van der Waals surface area contributed by atoms with Crippen molar-refractivity contribution in [2.45, 2.75) is 6.18 Å². The Morgan fingerprint density at radius 3 is 2.50 bits per heavy atom. The molecule has 1 aromatic rings. The Hall–Kier alpha value is -1.52. The highest BCUT2D eigenvalue weighted by molar-refractivity contribution is 6.01. The van der Waals surface area contributed by atoms with Crippen molar-refractivity contribution in [3.8, 4) is 0 Å². The lowest BCUT2D eigenvalue weighted by atomic mass is 10.1. The number of nitrogens with zero attached hydrogens (tertiary/aromatic N) is 2. The minimum Gasteiger partial charge on any atom is -0.358 e. The highest BCUT2D eigenvalue weighted by Gasteiger charge is 2.35. The van der Waals surface area contributed by atoms with Crippen LogP contribution >= 0.6 is 0 Å². The highest BCUT2D eigenvalue weighted by atomic mass is 19.4. The fourth-order valence-electron chi connectivity index (χ4n) is 1.75. The van der Waals surface area contributed by atoms with E-state index in [9.17, 15) is 13.2 Å². The number of likely N-dealkylation sites (N-methyl/N-ethyl adjacent to an activating group) is 1. The summed E-state index contributed by atoms with van der Waals surface area (Å²) in [7, 11) is 1.75. The molecule has 0 radical (unpaired) electrons. The summed E-state index contributed by atoms with van der Waals surface area (Å²) in [5.74, 6) is 0.424. The predicted octanol–water partition coefficient (Wildman–Crippen LogP) is 2.40. The molecule has 0 aliphatic carbocycles. The van der Waals surface area contributed by atoms with Crippen LogP contribution in [0.4, 0.5) is 13.2 Å². The van der Waals surface area contributed by atoms with Gasteiger partial charge in [0.05, 0.1) is 12.1 Å². The van der Waals surface area contributed by atoms with Crippen molar-refractivity contribution in [3.63, 3.8) is 0 Å². The average Bonchev–Trinajstić information content (AvgIpc) is 2.63. The third-order valence-corrected chi connectivity index (χ3v) is 2.53. The highest BCUT2D eigenvalue weighted by Crippen LogP contribution is 2.32. The molecule has 0 spiro atoms. The molecule has 2 nitrogen and oxygen atoms in total. The molecule has 0 aromatic heterocycles. The van der Waals surface area contributed by atoms with E-state index in [4.69, 9.17) is 0 Å². The van der Waals surface area contributed by atoms with E-state index in [1.165, 1.54) is 12.1 Å². The van der Waals surface area contributed by atoms with Gasteiger partial charge in [-0.15, -0.1) is 0 Å². The maximum atomic E-state index is 12.8.